The zero-order chi connectivity index (χ0) is 13.0. The number of rotatable bonds is 5. The summed E-state index contributed by atoms with van der Waals surface area (Å²) in [7, 11) is 1.65. The number of aliphatic hydroxyl groups excluding tert-OH is 1. The van der Waals surface area contributed by atoms with Crippen molar-refractivity contribution in [2.45, 2.75) is 18.9 Å². The lowest BCUT2D eigenvalue weighted by Gasteiger charge is -2.09. The Kier molecular flexibility index (Phi) is 4.80. The second kappa shape index (κ2) is 6.36. The van der Waals surface area contributed by atoms with Crippen LogP contribution in [0.2, 0.25) is 0 Å². The number of thiophene rings is 1. The molecular formula is C14H15BrO2S. The minimum atomic E-state index is -0.344. The van der Waals surface area contributed by atoms with Gasteiger partial charge in [0.15, 0.2) is 0 Å². The predicted molar refractivity (Wildman–Crippen MR) is 78.4 cm³/mol. The lowest BCUT2D eigenvalue weighted by Crippen LogP contribution is -2.13. The van der Waals surface area contributed by atoms with Gasteiger partial charge in [-0.15, -0.1) is 11.3 Å². The maximum Gasteiger partial charge on any atom is 0.118 e. The number of aliphatic hydroxyl groups is 1. The van der Waals surface area contributed by atoms with Gasteiger partial charge in [0, 0.05) is 21.2 Å². The molecule has 0 bridgehead atoms. The molecule has 2 nitrogen and oxygen atoms in total. The molecule has 0 aliphatic carbocycles. The van der Waals surface area contributed by atoms with Gasteiger partial charge in [-0.25, -0.2) is 0 Å². The molecule has 4 heteroatoms. The average molecular weight is 327 g/mol. The van der Waals surface area contributed by atoms with E-state index in [0.29, 0.717) is 12.8 Å². The standard InChI is InChI=1S/C14H15BrO2S/c1-17-13-4-2-10(3-5-13)6-12(16)8-14-7-11(15)9-18-14/h2-5,7,9,12,16H,6,8H2,1H3. The molecule has 1 atom stereocenters. The van der Waals surface area contributed by atoms with Crippen molar-refractivity contribution >= 4 is 27.3 Å². The van der Waals surface area contributed by atoms with Crippen molar-refractivity contribution in [1.82, 2.24) is 0 Å². The van der Waals surface area contributed by atoms with Gasteiger partial charge in [0.2, 0.25) is 0 Å². The molecule has 1 unspecified atom stereocenters. The summed E-state index contributed by atoms with van der Waals surface area (Å²) in [6.45, 7) is 0. The van der Waals surface area contributed by atoms with E-state index in [0.717, 1.165) is 15.8 Å². The van der Waals surface area contributed by atoms with Crippen LogP contribution in [0.15, 0.2) is 40.2 Å². The maximum atomic E-state index is 10.1. The van der Waals surface area contributed by atoms with Gasteiger partial charge >= 0.3 is 0 Å². The van der Waals surface area contributed by atoms with Crippen LogP contribution in [0.25, 0.3) is 0 Å². The molecule has 0 radical (unpaired) electrons. The van der Waals surface area contributed by atoms with Crippen molar-refractivity contribution in [1.29, 1.82) is 0 Å². The highest BCUT2D eigenvalue weighted by Crippen LogP contribution is 2.22. The molecule has 1 aromatic carbocycles. The molecule has 0 aliphatic heterocycles. The minimum absolute atomic E-state index is 0.344. The van der Waals surface area contributed by atoms with Gasteiger partial charge in [-0.2, -0.15) is 0 Å². The molecule has 0 aliphatic rings. The Morgan fingerprint density at radius 1 is 1.28 bits per heavy atom. The highest BCUT2D eigenvalue weighted by atomic mass is 79.9. The summed E-state index contributed by atoms with van der Waals surface area (Å²) in [5.41, 5.74) is 1.12. The highest BCUT2D eigenvalue weighted by molar-refractivity contribution is 9.10. The Bertz CT molecular complexity index is 493. The molecule has 0 amide bonds. The third-order valence-corrected chi connectivity index (χ3v) is 4.41. The summed E-state index contributed by atoms with van der Waals surface area (Å²) >= 11 is 5.09. The van der Waals surface area contributed by atoms with Crippen molar-refractivity contribution in [2.24, 2.45) is 0 Å². The van der Waals surface area contributed by atoms with E-state index in [4.69, 9.17) is 4.74 Å². The first kappa shape index (κ1) is 13.6. The Hall–Kier alpha value is -0.840. The van der Waals surface area contributed by atoms with Gasteiger partial charge in [-0.1, -0.05) is 12.1 Å². The van der Waals surface area contributed by atoms with Crippen LogP contribution in [-0.4, -0.2) is 18.3 Å². The van der Waals surface area contributed by atoms with Gasteiger partial charge in [-0.05, 0) is 46.1 Å². The van der Waals surface area contributed by atoms with Crippen LogP contribution in [0.3, 0.4) is 0 Å². The molecule has 0 spiro atoms. The largest absolute Gasteiger partial charge is 0.497 e. The fourth-order valence-corrected chi connectivity index (χ4v) is 3.32. The molecule has 2 rings (SSSR count). The monoisotopic (exact) mass is 326 g/mol. The number of methoxy groups -OCH3 is 1. The normalized spacial score (nSPS) is 12.4. The first-order chi connectivity index (χ1) is 8.67. The van der Waals surface area contributed by atoms with Crippen LogP contribution in [0.5, 0.6) is 5.75 Å². The van der Waals surface area contributed by atoms with Gasteiger partial charge in [0.25, 0.3) is 0 Å². The number of hydrogen-bond acceptors (Lipinski definition) is 3. The zero-order valence-electron chi connectivity index (χ0n) is 10.1. The van der Waals surface area contributed by atoms with Gasteiger partial charge in [0.1, 0.15) is 5.75 Å². The number of halogens is 1. The maximum absolute atomic E-state index is 10.1. The van der Waals surface area contributed by atoms with Crippen LogP contribution in [0.4, 0.5) is 0 Å². The van der Waals surface area contributed by atoms with E-state index < -0.39 is 0 Å². The molecule has 1 heterocycles. The Labute approximate surface area is 119 Å². The predicted octanol–water partition coefficient (Wildman–Crippen LogP) is 3.67. The quantitative estimate of drug-likeness (QED) is 0.908. The molecule has 2 aromatic rings. The van der Waals surface area contributed by atoms with Crippen molar-refractivity contribution in [2.75, 3.05) is 7.11 Å². The van der Waals surface area contributed by atoms with Crippen molar-refractivity contribution in [3.63, 3.8) is 0 Å². The zero-order valence-corrected chi connectivity index (χ0v) is 12.5. The van der Waals surface area contributed by atoms with E-state index in [-0.39, 0.29) is 6.10 Å². The van der Waals surface area contributed by atoms with E-state index in [1.807, 2.05) is 29.6 Å². The smallest absolute Gasteiger partial charge is 0.118 e. The molecule has 0 fully saturated rings. The number of benzene rings is 1. The second-order valence-corrected chi connectivity index (χ2v) is 6.05. The van der Waals surface area contributed by atoms with Crippen molar-refractivity contribution in [3.8, 4) is 5.75 Å². The van der Waals surface area contributed by atoms with E-state index >= 15 is 0 Å². The van der Waals surface area contributed by atoms with Crippen LogP contribution in [0.1, 0.15) is 10.4 Å². The fraction of sp³-hybridized carbons (Fsp3) is 0.286. The van der Waals surface area contributed by atoms with E-state index in [1.165, 1.54) is 4.88 Å². The highest BCUT2D eigenvalue weighted by Gasteiger charge is 2.08. The fourth-order valence-electron chi connectivity index (χ4n) is 1.80. The van der Waals surface area contributed by atoms with Crippen LogP contribution in [-0.2, 0) is 12.8 Å². The molecule has 0 saturated carbocycles. The summed E-state index contributed by atoms with van der Waals surface area (Å²) in [6.07, 6.45) is 1.02. The molecule has 1 N–H and O–H groups in total. The number of hydrogen-bond donors (Lipinski definition) is 1. The van der Waals surface area contributed by atoms with E-state index in [9.17, 15) is 5.11 Å². The van der Waals surface area contributed by atoms with Gasteiger partial charge in [0.05, 0.1) is 13.2 Å². The van der Waals surface area contributed by atoms with Gasteiger partial charge < -0.3 is 9.84 Å². The molecule has 18 heavy (non-hydrogen) atoms. The topological polar surface area (TPSA) is 29.5 Å². The second-order valence-electron chi connectivity index (χ2n) is 4.14. The molecular weight excluding hydrogens is 312 g/mol. The first-order valence-corrected chi connectivity index (χ1v) is 7.38. The van der Waals surface area contributed by atoms with E-state index in [2.05, 4.69) is 22.0 Å². The summed E-state index contributed by atoms with van der Waals surface area (Å²) in [5, 5.41) is 12.1. The third-order valence-electron chi connectivity index (χ3n) is 2.69. The van der Waals surface area contributed by atoms with Crippen molar-refractivity contribution in [3.05, 3.63) is 50.6 Å². The summed E-state index contributed by atoms with van der Waals surface area (Å²) in [5.74, 6) is 0.843. The average Bonchev–Trinajstić information content (AvgIpc) is 2.75. The molecule has 0 saturated heterocycles. The third kappa shape index (κ3) is 3.83. The summed E-state index contributed by atoms with van der Waals surface area (Å²) in [6, 6.07) is 9.88. The van der Waals surface area contributed by atoms with Crippen molar-refractivity contribution < 1.29 is 9.84 Å². The lowest BCUT2D eigenvalue weighted by atomic mass is 10.1. The summed E-state index contributed by atoms with van der Waals surface area (Å²) in [4.78, 5) is 1.20. The van der Waals surface area contributed by atoms with E-state index in [1.54, 1.807) is 18.4 Å². The number of ether oxygens (including phenoxy) is 1. The Morgan fingerprint density at radius 3 is 2.56 bits per heavy atom. The minimum Gasteiger partial charge on any atom is -0.497 e. The Balaban J connectivity index is 1.91. The van der Waals surface area contributed by atoms with Crippen LogP contribution < -0.4 is 4.74 Å². The molecule has 1 aromatic heterocycles. The SMILES string of the molecule is COc1ccc(CC(O)Cc2cc(Br)cs2)cc1. The van der Waals surface area contributed by atoms with Gasteiger partial charge in [-0.3, -0.25) is 0 Å². The van der Waals surface area contributed by atoms with Crippen LogP contribution in [0, 0.1) is 0 Å². The van der Waals surface area contributed by atoms with Crippen LogP contribution >= 0.6 is 27.3 Å². The first-order valence-electron chi connectivity index (χ1n) is 5.71. The molecule has 96 valence electrons. The Morgan fingerprint density at radius 2 is 2.00 bits per heavy atom. The lowest BCUT2D eigenvalue weighted by molar-refractivity contribution is 0.176. The summed E-state index contributed by atoms with van der Waals surface area (Å²) < 4.78 is 6.19.